The highest BCUT2D eigenvalue weighted by molar-refractivity contribution is 8.03. The summed E-state index contributed by atoms with van der Waals surface area (Å²) in [5.74, 6) is -0.199. The monoisotopic (exact) mass is 443 g/mol. The molecule has 1 atom stereocenters. The lowest BCUT2D eigenvalue weighted by molar-refractivity contribution is -0.119. The minimum Gasteiger partial charge on any atom is -0.352 e. The number of nitrogens with one attached hydrogen (secondary N) is 2. The van der Waals surface area contributed by atoms with Crippen molar-refractivity contribution >= 4 is 23.5 Å². The minimum absolute atomic E-state index is 0.0988. The summed E-state index contributed by atoms with van der Waals surface area (Å²) in [6, 6.07) is 20.1. The van der Waals surface area contributed by atoms with Crippen LogP contribution in [0.3, 0.4) is 0 Å². The molecule has 2 aromatic rings. The number of rotatable bonds is 6. The van der Waals surface area contributed by atoms with E-state index in [4.69, 9.17) is 0 Å². The standard InChI is InChI=1S/C26H25N3O2S/c1-17-10-12-19(13-11-17)24-20(14-27)26(29-21-8-5-9-22(30)25(21)24)32-16-23(31)28-15-18-6-3-2-4-7-18/h2-4,6-7,10-13,24,29H,5,8-9,15-16H2,1H3,(H,28,31)/t24-/m1/s1. The number of dihydropyridines is 1. The Labute approximate surface area is 192 Å². The maximum atomic E-state index is 12.8. The SMILES string of the molecule is Cc1ccc([C@@H]2C(C#N)=C(SCC(=O)NCc3ccccc3)NC3=C2C(=O)CCC3)cc1. The number of carbonyl (C=O) groups excluding carboxylic acids is 2. The zero-order chi connectivity index (χ0) is 22.5. The number of ketones is 1. The predicted octanol–water partition coefficient (Wildman–Crippen LogP) is 4.47. The average Bonchev–Trinajstić information content (AvgIpc) is 2.82. The second kappa shape index (κ2) is 9.88. The lowest BCUT2D eigenvalue weighted by Gasteiger charge is -2.33. The number of carbonyl (C=O) groups is 2. The molecule has 5 nitrogen and oxygen atoms in total. The maximum absolute atomic E-state index is 12.8. The van der Waals surface area contributed by atoms with Crippen LogP contribution >= 0.6 is 11.8 Å². The molecule has 4 rings (SSSR count). The molecule has 0 bridgehead atoms. The van der Waals surface area contributed by atoms with Crippen molar-refractivity contribution in [1.82, 2.24) is 10.6 Å². The fourth-order valence-corrected chi connectivity index (χ4v) is 5.01. The summed E-state index contributed by atoms with van der Waals surface area (Å²) in [4.78, 5) is 25.3. The molecule has 0 saturated heterocycles. The molecule has 6 heteroatoms. The van der Waals surface area contributed by atoms with Gasteiger partial charge in [0.25, 0.3) is 0 Å². The topological polar surface area (TPSA) is 82.0 Å². The Balaban J connectivity index is 1.56. The van der Waals surface area contributed by atoms with Gasteiger partial charge in [0.05, 0.1) is 28.3 Å². The Kier molecular flexibility index (Phi) is 6.77. The van der Waals surface area contributed by atoms with Gasteiger partial charge in [-0.2, -0.15) is 5.26 Å². The Hall–Kier alpha value is -3.30. The van der Waals surface area contributed by atoms with E-state index in [1.54, 1.807) is 0 Å². The van der Waals surface area contributed by atoms with E-state index in [2.05, 4.69) is 16.7 Å². The highest BCUT2D eigenvalue weighted by atomic mass is 32.2. The molecular weight excluding hydrogens is 418 g/mol. The zero-order valence-electron chi connectivity index (χ0n) is 18.0. The van der Waals surface area contributed by atoms with Crippen molar-refractivity contribution < 1.29 is 9.59 Å². The smallest absolute Gasteiger partial charge is 0.230 e. The van der Waals surface area contributed by atoms with E-state index in [1.807, 2.05) is 61.5 Å². The van der Waals surface area contributed by atoms with Crippen molar-refractivity contribution in [3.63, 3.8) is 0 Å². The fraction of sp³-hybridized carbons (Fsp3) is 0.269. The Bertz CT molecular complexity index is 1130. The van der Waals surface area contributed by atoms with Gasteiger partial charge in [-0.1, -0.05) is 71.9 Å². The third-order valence-corrected chi connectivity index (χ3v) is 6.77. The number of hydrogen-bond acceptors (Lipinski definition) is 5. The first kappa shape index (κ1) is 21.9. The Morgan fingerprint density at radius 2 is 1.91 bits per heavy atom. The summed E-state index contributed by atoms with van der Waals surface area (Å²) in [5, 5.41) is 17.0. The van der Waals surface area contributed by atoms with E-state index in [0.29, 0.717) is 29.1 Å². The highest BCUT2D eigenvalue weighted by Gasteiger charge is 2.37. The fourth-order valence-electron chi connectivity index (χ4n) is 4.11. The van der Waals surface area contributed by atoms with Gasteiger partial charge in [-0.3, -0.25) is 9.59 Å². The summed E-state index contributed by atoms with van der Waals surface area (Å²) < 4.78 is 0. The van der Waals surface area contributed by atoms with E-state index < -0.39 is 0 Å². The number of nitriles is 1. The zero-order valence-corrected chi connectivity index (χ0v) is 18.8. The van der Waals surface area contributed by atoms with Crippen molar-refractivity contribution in [2.75, 3.05) is 5.75 Å². The van der Waals surface area contributed by atoms with Crippen molar-refractivity contribution in [1.29, 1.82) is 5.26 Å². The van der Waals surface area contributed by atoms with Crippen LogP contribution in [0, 0.1) is 18.3 Å². The molecule has 0 fully saturated rings. The van der Waals surface area contributed by atoms with E-state index in [0.717, 1.165) is 35.2 Å². The van der Waals surface area contributed by atoms with Gasteiger partial charge in [-0.05, 0) is 30.9 Å². The lowest BCUT2D eigenvalue weighted by atomic mass is 9.77. The molecule has 0 unspecified atom stereocenters. The molecular formula is C26H25N3O2S. The number of amides is 1. The van der Waals surface area contributed by atoms with E-state index in [1.165, 1.54) is 11.8 Å². The number of benzene rings is 2. The second-order valence-corrected chi connectivity index (χ2v) is 9.03. The van der Waals surface area contributed by atoms with E-state index in [9.17, 15) is 14.9 Å². The molecule has 2 aliphatic rings. The Morgan fingerprint density at radius 3 is 2.62 bits per heavy atom. The number of allylic oxidation sites excluding steroid dienone is 3. The van der Waals surface area contributed by atoms with Gasteiger partial charge in [0, 0.05) is 24.2 Å². The molecule has 32 heavy (non-hydrogen) atoms. The second-order valence-electron chi connectivity index (χ2n) is 8.04. The highest BCUT2D eigenvalue weighted by Crippen LogP contribution is 2.43. The molecule has 162 valence electrons. The van der Waals surface area contributed by atoms with Crippen LogP contribution in [0.1, 0.15) is 41.9 Å². The maximum Gasteiger partial charge on any atom is 0.230 e. The molecule has 2 aromatic carbocycles. The summed E-state index contributed by atoms with van der Waals surface area (Å²) in [6.07, 6.45) is 2.07. The van der Waals surface area contributed by atoms with Crippen LogP contribution in [0.5, 0.6) is 0 Å². The van der Waals surface area contributed by atoms with Crippen molar-refractivity contribution in [2.45, 2.75) is 38.6 Å². The number of hydrogen-bond donors (Lipinski definition) is 2. The van der Waals surface area contributed by atoms with Crippen LogP contribution in [0.2, 0.25) is 0 Å². The molecule has 0 aromatic heterocycles. The van der Waals surface area contributed by atoms with Gasteiger partial charge in [-0.25, -0.2) is 0 Å². The number of thioether (sulfide) groups is 1. The number of aryl methyl sites for hydroxylation is 1. The predicted molar refractivity (Wildman–Crippen MR) is 126 cm³/mol. The van der Waals surface area contributed by atoms with Crippen molar-refractivity contribution in [3.05, 3.63) is 93.2 Å². The van der Waals surface area contributed by atoms with Crippen LogP contribution in [-0.4, -0.2) is 17.4 Å². The molecule has 0 radical (unpaired) electrons. The van der Waals surface area contributed by atoms with Gasteiger partial charge in [-0.15, -0.1) is 0 Å². The molecule has 1 aliphatic heterocycles. The quantitative estimate of drug-likeness (QED) is 0.688. The molecule has 1 amide bonds. The van der Waals surface area contributed by atoms with Crippen LogP contribution in [0.25, 0.3) is 0 Å². The number of nitrogens with zero attached hydrogens (tertiary/aromatic N) is 1. The summed E-state index contributed by atoms with van der Waals surface area (Å²) in [5.41, 5.74) is 5.19. The third-order valence-electron chi connectivity index (χ3n) is 5.75. The molecule has 0 saturated carbocycles. The number of Topliss-reactive ketones (excluding diaryl/α,β-unsaturated/α-hetero) is 1. The van der Waals surface area contributed by atoms with Crippen LogP contribution < -0.4 is 10.6 Å². The minimum atomic E-state index is -0.389. The van der Waals surface area contributed by atoms with Crippen molar-refractivity contribution in [2.24, 2.45) is 0 Å². The van der Waals surface area contributed by atoms with Gasteiger partial charge in [0.15, 0.2) is 5.78 Å². The molecule has 1 heterocycles. The summed E-state index contributed by atoms with van der Waals surface area (Å²) in [7, 11) is 0. The first-order valence-electron chi connectivity index (χ1n) is 10.7. The lowest BCUT2D eigenvalue weighted by Crippen LogP contribution is -2.32. The molecule has 0 spiro atoms. The van der Waals surface area contributed by atoms with Gasteiger partial charge in [0.2, 0.25) is 5.91 Å². The van der Waals surface area contributed by atoms with E-state index >= 15 is 0 Å². The van der Waals surface area contributed by atoms with Crippen LogP contribution in [0.15, 0.2) is 76.5 Å². The third kappa shape index (κ3) is 4.79. The largest absolute Gasteiger partial charge is 0.352 e. The first-order valence-corrected chi connectivity index (χ1v) is 11.7. The van der Waals surface area contributed by atoms with Gasteiger partial charge < -0.3 is 10.6 Å². The average molecular weight is 444 g/mol. The van der Waals surface area contributed by atoms with Crippen molar-refractivity contribution in [3.8, 4) is 6.07 Å². The summed E-state index contributed by atoms with van der Waals surface area (Å²) >= 11 is 1.32. The van der Waals surface area contributed by atoms with E-state index in [-0.39, 0.29) is 23.4 Å². The molecule has 2 N–H and O–H groups in total. The van der Waals surface area contributed by atoms with Gasteiger partial charge >= 0.3 is 0 Å². The van der Waals surface area contributed by atoms with Gasteiger partial charge in [0.1, 0.15) is 0 Å². The first-order chi connectivity index (χ1) is 15.6. The molecule has 1 aliphatic carbocycles. The normalized spacial score (nSPS) is 18.0. The van der Waals surface area contributed by atoms with Crippen LogP contribution in [-0.2, 0) is 16.1 Å². The summed E-state index contributed by atoms with van der Waals surface area (Å²) in [6.45, 7) is 2.48. The Morgan fingerprint density at radius 1 is 1.16 bits per heavy atom. The van der Waals surface area contributed by atoms with Crippen LogP contribution in [0.4, 0.5) is 0 Å².